The summed E-state index contributed by atoms with van der Waals surface area (Å²) < 4.78 is 0. The summed E-state index contributed by atoms with van der Waals surface area (Å²) in [6.45, 7) is 9.92. The Kier molecular flexibility index (Phi) is 6.80. The number of hydrogen-bond donors (Lipinski definition) is 1. The van der Waals surface area contributed by atoms with E-state index >= 15 is 0 Å². The van der Waals surface area contributed by atoms with Gasteiger partial charge in [-0.1, -0.05) is 27.2 Å². The molecule has 0 aromatic carbocycles. The van der Waals surface area contributed by atoms with E-state index in [0.717, 1.165) is 32.0 Å². The van der Waals surface area contributed by atoms with Gasteiger partial charge in [0.2, 0.25) is 5.91 Å². The maximum atomic E-state index is 12.5. The van der Waals surface area contributed by atoms with Crippen LogP contribution in [0, 0.1) is 11.3 Å². The summed E-state index contributed by atoms with van der Waals surface area (Å²) in [6.07, 6.45) is 7.05. The van der Waals surface area contributed by atoms with Gasteiger partial charge in [-0.2, -0.15) is 0 Å². The van der Waals surface area contributed by atoms with E-state index in [4.69, 9.17) is 0 Å². The number of carbonyl (C=O) groups excluding carboxylic acids is 1. The van der Waals surface area contributed by atoms with Gasteiger partial charge in [-0.15, -0.1) is 12.4 Å². The fraction of sp³-hybridized carbons (Fsp3) is 0.938. The summed E-state index contributed by atoms with van der Waals surface area (Å²) in [4.78, 5) is 14.6. The molecule has 2 fully saturated rings. The molecule has 20 heavy (non-hydrogen) atoms. The Bertz CT molecular complexity index is 308. The molecule has 0 aliphatic carbocycles. The standard InChI is InChI=1S/C16H30N2O.ClH/c1-16(2,3)13-7-6-11-18(12-9-13)15(19)14-8-4-5-10-17-14;/h13-14,17H,4-12H2,1-3H3;1H/t13?,14-;/m0./s1. The fourth-order valence-electron chi connectivity index (χ4n) is 3.47. The predicted molar refractivity (Wildman–Crippen MR) is 86.3 cm³/mol. The van der Waals surface area contributed by atoms with Crippen molar-refractivity contribution in [3.8, 4) is 0 Å². The Morgan fingerprint density at radius 2 is 1.80 bits per heavy atom. The van der Waals surface area contributed by atoms with Crippen LogP contribution in [0.5, 0.6) is 0 Å². The minimum Gasteiger partial charge on any atom is -0.341 e. The highest BCUT2D eigenvalue weighted by Crippen LogP contribution is 2.34. The zero-order valence-corrected chi connectivity index (χ0v) is 14.1. The fourth-order valence-corrected chi connectivity index (χ4v) is 3.47. The molecule has 1 unspecified atom stereocenters. The van der Waals surface area contributed by atoms with Crippen molar-refractivity contribution in [2.45, 2.75) is 65.3 Å². The summed E-state index contributed by atoms with van der Waals surface area (Å²) in [5.41, 5.74) is 0.377. The molecule has 0 aromatic rings. The van der Waals surface area contributed by atoms with Gasteiger partial charge in [0.25, 0.3) is 0 Å². The lowest BCUT2D eigenvalue weighted by Gasteiger charge is -2.31. The van der Waals surface area contributed by atoms with Crippen molar-refractivity contribution in [2.75, 3.05) is 19.6 Å². The first-order chi connectivity index (χ1) is 8.98. The number of amides is 1. The van der Waals surface area contributed by atoms with Crippen LogP contribution in [0.4, 0.5) is 0 Å². The largest absolute Gasteiger partial charge is 0.341 e. The van der Waals surface area contributed by atoms with Crippen molar-refractivity contribution < 1.29 is 4.79 Å². The van der Waals surface area contributed by atoms with Crippen molar-refractivity contribution in [3.63, 3.8) is 0 Å². The number of carbonyl (C=O) groups is 1. The van der Waals surface area contributed by atoms with Gasteiger partial charge in [-0.3, -0.25) is 4.79 Å². The molecule has 0 saturated carbocycles. The smallest absolute Gasteiger partial charge is 0.239 e. The number of hydrogen-bond acceptors (Lipinski definition) is 2. The molecule has 0 radical (unpaired) electrons. The SMILES string of the molecule is CC(C)(C)C1CCCN(C(=O)[C@@H]2CCCCN2)CC1.Cl. The molecule has 2 rings (SSSR count). The molecule has 0 spiro atoms. The molecule has 1 N–H and O–H groups in total. The number of piperidine rings is 1. The van der Waals surface area contributed by atoms with Crippen molar-refractivity contribution in [1.82, 2.24) is 10.2 Å². The van der Waals surface area contributed by atoms with E-state index in [1.807, 2.05) is 0 Å². The lowest BCUT2D eigenvalue weighted by Crippen LogP contribution is -2.48. The van der Waals surface area contributed by atoms with Crippen LogP contribution in [-0.2, 0) is 4.79 Å². The van der Waals surface area contributed by atoms with Crippen LogP contribution in [0.2, 0.25) is 0 Å². The maximum absolute atomic E-state index is 12.5. The van der Waals surface area contributed by atoms with Crippen LogP contribution < -0.4 is 5.32 Å². The molecule has 0 aromatic heterocycles. The molecule has 2 aliphatic heterocycles. The second-order valence-electron chi connectivity index (χ2n) is 7.32. The second kappa shape index (κ2) is 7.65. The average molecular weight is 303 g/mol. The van der Waals surface area contributed by atoms with E-state index in [1.165, 1.54) is 32.1 Å². The molecule has 118 valence electrons. The molecule has 3 nitrogen and oxygen atoms in total. The third-order valence-electron chi connectivity index (χ3n) is 4.87. The monoisotopic (exact) mass is 302 g/mol. The molecule has 1 amide bonds. The summed E-state index contributed by atoms with van der Waals surface area (Å²) >= 11 is 0. The van der Waals surface area contributed by atoms with Crippen molar-refractivity contribution in [2.24, 2.45) is 11.3 Å². The summed E-state index contributed by atoms with van der Waals surface area (Å²) in [6, 6.07) is 0.0972. The van der Waals surface area contributed by atoms with Crippen LogP contribution in [-0.4, -0.2) is 36.5 Å². The van der Waals surface area contributed by atoms with Crippen molar-refractivity contribution >= 4 is 18.3 Å². The molecule has 2 aliphatic rings. The lowest BCUT2D eigenvalue weighted by atomic mass is 9.77. The lowest BCUT2D eigenvalue weighted by molar-refractivity contribution is -0.134. The first-order valence-electron chi connectivity index (χ1n) is 8.00. The van der Waals surface area contributed by atoms with E-state index in [1.54, 1.807) is 0 Å². The van der Waals surface area contributed by atoms with Crippen LogP contribution in [0.3, 0.4) is 0 Å². The van der Waals surface area contributed by atoms with Crippen LogP contribution >= 0.6 is 12.4 Å². The molecule has 2 heterocycles. The number of nitrogens with zero attached hydrogens (tertiary/aromatic N) is 1. The van der Waals surface area contributed by atoms with Crippen molar-refractivity contribution in [1.29, 1.82) is 0 Å². The third-order valence-corrected chi connectivity index (χ3v) is 4.87. The molecule has 2 atom stereocenters. The van der Waals surface area contributed by atoms with Crippen LogP contribution in [0.15, 0.2) is 0 Å². The maximum Gasteiger partial charge on any atom is 0.239 e. The quantitative estimate of drug-likeness (QED) is 0.806. The van der Waals surface area contributed by atoms with E-state index in [9.17, 15) is 4.79 Å². The van der Waals surface area contributed by atoms with Gasteiger partial charge in [0.1, 0.15) is 0 Å². The zero-order valence-electron chi connectivity index (χ0n) is 13.3. The van der Waals surface area contributed by atoms with E-state index in [-0.39, 0.29) is 18.4 Å². The molecule has 2 saturated heterocycles. The highest BCUT2D eigenvalue weighted by molar-refractivity contribution is 5.85. The highest BCUT2D eigenvalue weighted by Gasteiger charge is 2.31. The van der Waals surface area contributed by atoms with E-state index in [2.05, 4.69) is 31.0 Å². The minimum absolute atomic E-state index is 0. The molecular formula is C16H31ClN2O. The number of halogens is 1. The van der Waals surface area contributed by atoms with Gasteiger partial charge in [0.05, 0.1) is 6.04 Å². The Morgan fingerprint density at radius 3 is 2.40 bits per heavy atom. The second-order valence-corrected chi connectivity index (χ2v) is 7.32. The molecule has 0 bridgehead atoms. The number of nitrogens with one attached hydrogen (secondary N) is 1. The molecular weight excluding hydrogens is 272 g/mol. The summed E-state index contributed by atoms with van der Waals surface area (Å²) in [7, 11) is 0. The Hall–Kier alpha value is -0.280. The Morgan fingerprint density at radius 1 is 1.05 bits per heavy atom. The number of rotatable bonds is 1. The van der Waals surface area contributed by atoms with Gasteiger partial charge in [-0.25, -0.2) is 0 Å². The van der Waals surface area contributed by atoms with Gasteiger partial charge in [0.15, 0.2) is 0 Å². The first-order valence-corrected chi connectivity index (χ1v) is 8.00. The minimum atomic E-state index is 0. The van der Waals surface area contributed by atoms with Gasteiger partial charge < -0.3 is 10.2 Å². The third kappa shape index (κ3) is 4.63. The van der Waals surface area contributed by atoms with Gasteiger partial charge in [-0.05, 0) is 50.0 Å². The highest BCUT2D eigenvalue weighted by atomic mass is 35.5. The molecule has 4 heteroatoms. The van der Waals surface area contributed by atoms with Crippen molar-refractivity contribution in [3.05, 3.63) is 0 Å². The number of likely N-dealkylation sites (tertiary alicyclic amines) is 1. The summed E-state index contributed by atoms with van der Waals surface area (Å²) in [5.74, 6) is 1.11. The van der Waals surface area contributed by atoms with E-state index < -0.39 is 0 Å². The predicted octanol–water partition coefficient (Wildman–Crippen LogP) is 3.23. The Labute approximate surface area is 130 Å². The van der Waals surface area contributed by atoms with E-state index in [0.29, 0.717) is 11.3 Å². The van der Waals surface area contributed by atoms with Gasteiger partial charge in [0, 0.05) is 13.1 Å². The summed E-state index contributed by atoms with van der Waals surface area (Å²) in [5, 5.41) is 3.39. The topological polar surface area (TPSA) is 32.3 Å². The average Bonchev–Trinajstić information content (AvgIpc) is 2.64. The van der Waals surface area contributed by atoms with Crippen LogP contribution in [0.1, 0.15) is 59.3 Å². The Balaban J connectivity index is 0.00000200. The van der Waals surface area contributed by atoms with Crippen LogP contribution in [0.25, 0.3) is 0 Å². The van der Waals surface area contributed by atoms with Gasteiger partial charge >= 0.3 is 0 Å². The first kappa shape index (κ1) is 17.8. The normalized spacial score (nSPS) is 28.4. The zero-order chi connectivity index (χ0) is 13.9.